The minimum absolute atomic E-state index is 0.0639. The second kappa shape index (κ2) is 5.51. The Hall–Kier alpha value is -2.37. The van der Waals surface area contributed by atoms with Gasteiger partial charge in [0.25, 0.3) is 5.69 Å². The van der Waals surface area contributed by atoms with E-state index < -0.39 is 4.92 Å². The van der Waals surface area contributed by atoms with Crippen LogP contribution in [0.1, 0.15) is 18.3 Å². The van der Waals surface area contributed by atoms with Gasteiger partial charge in [0.1, 0.15) is 11.6 Å². The molecule has 1 heterocycles. The minimum Gasteiger partial charge on any atom is -0.496 e. The Morgan fingerprint density at radius 1 is 1.47 bits per heavy atom. The summed E-state index contributed by atoms with van der Waals surface area (Å²) in [5.41, 5.74) is 0.832. The van der Waals surface area contributed by atoms with Crippen LogP contribution in [0.5, 0.6) is 5.75 Å². The highest BCUT2D eigenvalue weighted by atomic mass is 16.6. The second-order valence-electron chi connectivity index (χ2n) is 4.08. The van der Waals surface area contributed by atoms with Crippen molar-refractivity contribution in [2.75, 3.05) is 7.11 Å². The summed E-state index contributed by atoms with van der Waals surface area (Å²) in [5, 5.41) is 10.8. The Kier molecular flexibility index (Phi) is 3.79. The maximum atomic E-state index is 10.8. The summed E-state index contributed by atoms with van der Waals surface area (Å²) < 4.78 is 7.21. The second-order valence-corrected chi connectivity index (χ2v) is 4.08. The number of nitro benzene ring substituents is 1. The van der Waals surface area contributed by atoms with Crippen molar-refractivity contribution in [3.05, 3.63) is 52.1 Å². The number of hydrogen-bond acceptors (Lipinski definition) is 4. The summed E-state index contributed by atoms with van der Waals surface area (Å²) in [6, 6.07) is 4.60. The number of imidazole rings is 1. The molecule has 0 amide bonds. The Bertz CT molecular complexity index is 593. The molecule has 100 valence electrons. The van der Waals surface area contributed by atoms with Gasteiger partial charge in [-0.2, -0.15) is 0 Å². The molecule has 0 bridgehead atoms. The molecule has 0 unspecified atom stereocenters. The lowest BCUT2D eigenvalue weighted by molar-refractivity contribution is -0.384. The SMILES string of the molecule is CCc1nccn1Cc1cc([N+](=O)[O-])ccc1OC. The highest BCUT2D eigenvalue weighted by molar-refractivity contribution is 5.44. The number of methoxy groups -OCH3 is 1. The van der Waals surface area contributed by atoms with Gasteiger partial charge in [0.05, 0.1) is 18.6 Å². The predicted octanol–water partition coefficient (Wildman–Crippen LogP) is 2.41. The molecule has 0 aliphatic carbocycles. The third-order valence-corrected chi connectivity index (χ3v) is 2.93. The molecule has 2 rings (SSSR count). The third-order valence-electron chi connectivity index (χ3n) is 2.93. The molecule has 0 spiro atoms. The van der Waals surface area contributed by atoms with Crippen LogP contribution in [0.3, 0.4) is 0 Å². The van der Waals surface area contributed by atoms with Crippen molar-refractivity contribution in [3.63, 3.8) is 0 Å². The number of aromatic nitrogens is 2. The molecule has 6 heteroatoms. The van der Waals surface area contributed by atoms with Crippen molar-refractivity contribution < 1.29 is 9.66 Å². The van der Waals surface area contributed by atoms with Crippen molar-refractivity contribution in [2.45, 2.75) is 19.9 Å². The average molecular weight is 261 g/mol. The monoisotopic (exact) mass is 261 g/mol. The average Bonchev–Trinajstić information content (AvgIpc) is 2.85. The van der Waals surface area contributed by atoms with Gasteiger partial charge in [-0.25, -0.2) is 4.98 Å². The molecular formula is C13H15N3O3. The van der Waals surface area contributed by atoms with E-state index >= 15 is 0 Å². The standard InChI is InChI=1S/C13H15N3O3/c1-3-13-14-6-7-15(13)9-10-8-11(16(17)18)4-5-12(10)19-2/h4-8H,3,9H2,1-2H3. The van der Waals surface area contributed by atoms with Crippen molar-refractivity contribution >= 4 is 5.69 Å². The molecular weight excluding hydrogens is 246 g/mol. The summed E-state index contributed by atoms with van der Waals surface area (Å²) >= 11 is 0. The fourth-order valence-electron chi connectivity index (χ4n) is 1.98. The van der Waals surface area contributed by atoms with Gasteiger partial charge in [-0.3, -0.25) is 10.1 Å². The topological polar surface area (TPSA) is 70.2 Å². The first-order valence-corrected chi connectivity index (χ1v) is 5.97. The van der Waals surface area contributed by atoms with Gasteiger partial charge in [-0.05, 0) is 6.07 Å². The molecule has 0 fully saturated rings. The maximum Gasteiger partial charge on any atom is 0.270 e. The number of non-ortho nitro benzene ring substituents is 1. The normalized spacial score (nSPS) is 10.4. The van der Waals surface area contributed by atoms with Crippen LogP contribution in [0.2, 0.25) is 0 Å². The zero-order valence-corrected chi connectivity index (χ0v) is 10.9. The van der Waals surface area contributed by atoms with Crippen molar-refractivity contribution in [1.29, 1.82) is 0 Å². The van der Waals surface area contributed by atoms with Crippen LogP contribution in [0.15, 0.2) is 30.6 Å². The van der Waals surface area contributed by atoms with E-state index in [9.17, 15) is 10.1 Å². The van der Waals surface area contributed by atoms with Gasteiger partial charge in [0.2, 0.25) is 0 Å². The van der Waals surface area contributed by atoms with Gasteiger partial charge >= 0.3 is 0 Å². The molecule has 0 aliphatic rings. The first-order chi connectivity index (χ1) is 9.15. The highest BCUT2D eigenvalue weighted by Gasteiger charge is 2.12. The van der Waals surface area contributed by atoms with Gasteiger partial charge in [-0.15, -0.1) is 0 Å². The van der Waals surface area contributed by atoms with E-state index in [1.165, 1.54) is 12.1 Å². The summed E-state index contributed by atoms with van der Waals surface area (Å²) in [6.45, 7) is 2.53. The summed E-state index contributed by atoms with van der Waals surface area (Å²) in [6.07, 6.45) is 4.39. The van der Waals surface area contributed by atoms with Gasteiger partial charge in [0, 0.05) is 36.5 Å². The fourth-order valence-corrected chi connectivity index (χ4v) is 1.98. The summed E-state index contributed by atoms with van der Waals surface area (Å²) in [5.74, 6) is 1.58. The lowest BCUT2D eigenvalue weighted by atomic mass is 10.1. The Morgan fingerprint density at radius 3 is 2.89 bits per heavy atom. The molecule has 6 nitrogen and oxygen atoms in total. The first-order valence-electron chi connectivity index (χ1n) is 5.97. The molecule has 19 heavy (non-hydrogen) atoms. The first kappa shape index (κ1) is 13.1. The molecule has 0 radical (unpaired) electrons. The predicted molar refractivity (Wildman–Crippen MR) is 70.4 cm³/mol. The zero-order valence-electron chi connectivity index (χ0n) is 10.9. The lowest BCUT2D eigenvalue weighted by Crippen LogP contribution is -2.05. The number of aryl methyl sites for hydroxylation is 1. The van der Waals surface area contributed by atoms with E-state index in [1.807, 2.05) is 17.7 Å². The van der Waals surface area contributed by atoms with E-state index in [0.717, 1.165) is 17.8 Å². The van der Waals surface area contributed by atoms with Crippen LogP contribution in [-0.4, -0.2) is 21.6 Å². The van der Waals surface area contributed by atoms with Crippen molar-refractivity contribution in [2.24, 2.45) is 0 Å². The van der Waals surface area contributed by atoms with Crippen molar-refractivity contribution in [1.82, 2.24) is 9.55 Å². The van der Waals surface area contributed by atoms with Crippen molar-refractivity contribution in [3.8, 4) is 5.75 Å². The molecule has 0 aliphatic heterocycles. The molecule has 0 saturated heterocycles. The lowest BCUT2D eigenvalue weighted by Gasteiger charge is -2.10. The van der Waals surface area contributed by atoms with Crippen LogP contribution in [0.4, 0.5) is 5.69 Å². The fraction of sp³-hybridized carbons (Fsp3) is 0.308. The number of nitro groups is 1. The quantitative estimate of drug-likeness (QED) is 0.612. The van der Waals surface area contributed by atoms with Crippen LogP contribution >= 0.6 is 0 Å². The van der Waals surface area contributed by atoms with E-state index in [1.54, 1.807) is 19.4 Å². The number of rotatable bonds is 5. The van der Waals surface area contributed by atoms with E-state index in [2.05, 4.69) is 4.98 Å². The Labute approximate surface area is 110 Å². The van der Waals surface area contributed by atoms with Crippen LogP contribution in [-0.2, 0) is 13.0 Å². The van der Waals surface area contributed by atoms with Crippen LogP contribution in [0.25, 0.3) is 0 Å². The maximum absolute atomic E-state index is 10.8. The Morgan fingerprint density at radius 2 is 2.26 bits per heavy atom. The number of ether oxygens (including phenoxy) is 1. The van der Waals surface area contributed by atoms with Gasteiger partial charge in [0.15, 0.2) is 0 Å². The minimum atomic E-state index is -0.405. The third kappa shape index (κ3) is 2.73. The zero-order chi connectivity index (χ0) is 13.8. The summed E-state index contributed by atoms with van der Waals surface area (Å²) in [7, 11) is 1.55. The Balaban J connectivity index is 2.37. The molecule has 0 saturated carbocycles. The van der Waals surface area contributed by atoms with E-state index in [-0.39, 0.29) is 5.69 Å². The number of nitrogens with zero attached hydrogens (tertiary/aromatic N) is 3. The summed E-state index contributed by atoms with van der Waals surface area (Å²) in [4.78, 5) is 14.7. The van der Waals surface area contributed by atoms with E-state index in [4.69, 9.17) is 4.74 Å². The smallest absolute Gasteiger partial charge is 0.270 e. The molecule has 0 atom stereocenters. The number of hydrogen-bond donors (Lipinski definition) is 0. The number of benzene rings is 1. The van der Waals surface area contributed by atoms with Gasteiger partial charge in [-0.1, -0.05) is 6.92 Å². The molecule has 1 aromatic heterocycles. The van der Waals surface area contributed by atoms with Gasteiger partial charge < -0.3 is 9.30 Å². The molecule has 2 aromatic rings. The highest BCUT2D eigenvalue weighted by Crippen LogP contribution is 2.25. The molecule has 1 aromatic carbocycles. The largest absolute Gasteiger partial charge is 0.496 e. The van der Waals surface area contributed by atoms with Crippen LogP contribution in [0, 0.1) is 10.1 Å². The van der Waals surface area contributed by atoms with Crippen LogP contribution < -0.4 is 4.74 Å². The molecule has 0 N–H and O–H groups in total. The van der Waals surface area contributed by atoms with E-state index in [0.29, 0.717) is 12.3 Å².